The highest BCUT2D eigenvalue weighted by Gasteiger charge is 2.17. The van der Waals surface area contributed by atoms with E-state index in [1.165, 1.54) is 0 Å². The predicted octanol–water partition coefficient (Wildman–Crippen LogP) is 1.39. The van der Waals surface area contributed by atoms with Crippen molar-refractivity contribution in [3.63, 3.8) is 0 Å². The van der Waals surface area contributed by atoms with Crippen LogP contribution in [0.3, 0.4) is 0 Å². The fourth-order valence-electron chi connectivity index (χ4n) is 2.09. The maximum absolute atomic E-state index is 11.9. The number of rotatable bonds is 5. The second-order valence-corrected chi connectivity index (χ2v) is 4.58. The third kappa shape index (κ3) is 3.31. The molecule has 1 heterocycles. The van der Waals surface area contributed by atoms with Crippen LogP contribution in [0.2, 0.25) is 0 Å². The molecule has 1 aromatic carbocycles. The number of nitrogens with one attached hydrogen (secondary N) is 1. The average Bonchev–Trinajstić information content (AvgIpc) is 2.55. The number of nitriles is 2. The summed E-state index contributed by atoms with van der Waals surface area (Å²) in [4.78, 5) is 14.2. The first kappa shape index (κ1) is 16.1. The highest BCUT2D eigenvalue weighted by atomic mass is 16.5. The lowest BCUT2D eigenvalue weighted by atomic mass is 9.97. The molecule has 0 atom stereocenters. The van der Waals surface area contributed by atoms with Gasteiger partial charge in [0, 0.05) is 12.7 Å². The lowest BCUT2D eigenvalue weighted by Crippen LogP contribution is -2.16. The SMILES string of the molecule is COCCOc1ccc(-c2c(C#N)c(N)[nH]c(=O)c2C#N)cc1. The van der Waals surface area contributed by atoms with Gasteiger partial charge in [-0.2, -0.15) is 10.5 Å². The molecule has 2 rings (SSSR count). The average molecular weight is 310 g/mol. The second kappa shape index (κ2) is 7.12. The standard InChI is InChI=1S/C16H14N4O3/c1-22-6-7-23-11-4-2-10(3-5-11)14-12(8-17)15(19)20-16(21)13(14)9-18/h2-5H,6-7H2,1H3,(H3,19,20,21). The first-order chi connectivity index (χ1) is 11.1. The Labute approximate surface area is 132 Å². The maximum Gasteiger partial charge on any atom is 0.268 e. The first-order valence-corrected chi connectivity index (χ1v) is 6.70. The summed E-state index contributed by atoms with van der Waals surface area (Å²) in [5.74, 6) is 0.549. The van der Waals surface area contributed by atoms with Gasteiger partial charge < -0.3 is 20.2 Å². The highest BCUT2D eigenvalue weighted by molar-refractivity contribution is 5.80. The van der Waals surface area contributed by atoms with E-state index in [9.17, 15) is 15.3 Å². The Morgan fingerprint density at radius 1 is 1.13 bits per heavy atom. The fourth-order valence-corrected chi connectivity index (χ4v) is 2.09. The van der Waals surface area contributed by atoms with Crippen molar-refractivity contribution in [3.05, 3.63) is 45.7 Å². The molecule has 2 aromatic rings. The van der Waals surface area contributed by atoms with Gasteiger partial charge in [-0.25, -0.2) is 0 Å². The van der Waals surface area contributed by atoms with E-state index in [0.29, 0.717) is 24.5 Å². The van der Waals surface area contributed by atoms with Gasteiger partial charge >= 0.3 is 0 Å². The molecule has 3 N–H and O–H groups in total. The van der Waals surface area contributed by atoms with E-state index in [2.05, 4.69) is 4.98 Å². The second-order valence-electron chi connectivity index (χ2n) is 4.58. The van der Waals surface area contributed by atoms with E-state index in [1.54, 1.807) is 31.4 Å². The molecule has 0 saturated heterocycles. The van der Waals surface area contributed by atoms with E-state index in [1.807, 2.05) is 12.1 Å². The van der Waals surface area contributed by atoms with Crippen molar-refractivity contribution in [3.8, 4) is 29.0 Å². The number of hydrogen-bond donors (Lipinski definition) is 2. The van der Waals surface area contributed by atoms with Crippen LogP contribution in [0.4, 0.5) is 5.82 Å². The number of nitrogen functional groups attached to an aromatic ring is 1. The van der Waals surface area contributed by atoms with Crippen molar-refractivity contribution >= 4 is 5.82 Å². The van der Waals surface area contributed by atoms with Gasteiger partial charge in [-0.1, -0.05) is 12.1 Å². The Balaban J connectivity index is 2.48. The number of nitrogens with two attached hydrogens (primary N) is 1. The minimum atomic E-state index is -0.626. The van der Waals surface area contributed by atoms with Crippen LogP contribution < -0.4 is 16.0 Å². The molecule has 0 fully saturated rings. The lowest BCUT2D eigenvalue weighted by Gasteiger charge is -2.10. The smallest absolute Gasteiger partial charge is 0.268 e. The van der Waals surface area contributed by atoms with Crippen LogP contribution in [-0.2, 0) is 4.74 Å². The molecule has 0 aliphatic carbocycles. The van der Waals surface area contributed by atoms with Crippen molar-refractivity contribution in [1.82, 2.24) is 4.98 Å². The van der Waals surface area contributed by atoms with E-state index in [-0.39, 0.29) is 22.5 Å². The zero-order chi connectivity index (χ0) is 16.8. The van der Waals surface area contributed by atoms with E-state index < -0.39 is 5.56 Å². The van der Waals surface area contributed by atoms with Crippen LogP contribution in [0.5, 0.6) is 5.75 Å². The molecule has 23 heavy (non-hydrogen) atoms. The maximum atomic E-state index is 11.9. The van der Waals surface area contributed by atoms with Crippen molar-refractivity contribution < 1.29 is 9.47 Å². The Hall–Kier alpha value is -3.29. The van der Waals surface area contributed by atoms with Gasteiger partial charge in [0.1, 0.15) is 41.4 Å². The monoisotopic (exact) mass is 310 g/mol. The molecular weight excluding hydrogens is 296 g/mol. The number of H-pyrrole nitrogens is 1. The van der Waals surface area contributed by atoms with Crippen LogP contribution in [-0.4, -0.2) is 25.3 Å². The quantitative estimate of drug-likeness (QED) is 0.804. The largest absolute Gasteiger partial charge is 0.491 e. The molecule has 1 aromatic heterocycles. The third-order valence-electron chi connectivity index (χ3n) is 3.17. The zero-order valence-corrected chi connectivity index (χ0v) is 12.4. The van der Waals surface area contributed by atoms with Crippen molar-refractivity contribution in [2.75, 3.05) is 26.1 Å². The van der Waals surface area contributed by atoms with Gasteiger partial charge in [0.2, 0.25) is 0 Å². The molecule has 116 valence electrons. The Bertz CT molecular complexity index is 842. The highest BCUT2D eigenvalue weighted by Crippen LogP contribution is 2.29. The van der Waals surface area contributed by atoms with Gasteiger partial charge in [0.05, 0.1) is 6.61 Å². The summed E-state index contributed by atoms with van der Waals surface area (Å²) in [5, 5.41) is 18.5. The predicted molar refractivity (Wildman–Crippen MR) is 83.7 cm³/mol. The number of hydrogen-bond acceptors (Lipinski definition) is 6. The first-order valence-electron chi connectivity index (χ1n) is 6.70. The fraction of sp³-hybridized carbons (Fsp3) is 0.188. The summed E-state index contributed by atoms with van der Waals surface area (Å²) in [6.45, 7) is 0.865. The summed E-state index contributed by atoms with van der Waals surface area (Å²) in [5.41, 5.74) is 5.73. The van der Waals surface area contributed by atoms with E-state index >= 15 is 0 Å². The van der Waals surface area contributed by atoms with Gasteiger partial charge in [0.25, 0.3) is 5.56 Å². The molecule has 0 aliphatic heterocycles. The molecular formula is C16H14N4O3. The molecule has 0 saturated carbocycles. The molecule has 7 heteroatoms. The summed E-state index contributed by atoms with van der Waals surface area (Å²) in [6, 6.07) is 10.4. The molecule has 0 spiro atoms. The third-order valence-corrected chi connectivity index (χ3v) is 3.17. The summed E-state index contributed by atoms with van der Waals surface area (Å²) >= 11 is 0. The Kier molecular flexibility index (Phi) is 4.98. The van der Waals surface area contributed by atoms with E-state index in [0.717, 1.165) is 0 Å². The van der Waals surface area contributed by atoms with Crippen LogP contribution in [0.25, 0.3) is 11.1 Å². The van der Waals surface area contributed by atoms with Crippen molar-refractivity contribution in [1.29, 1.82) is 10.5 Å². The van der Waals surface area contributed by atoms with Gasteiger partial charge in [-0.05, 0) is 17.7 Å². The minimum absolute atomic E-state index is 0.0630. The van der Waals surface area contributed by atoms with Crippen LogP contribution in [0.15, 0.2) is 29.1 Å². The van der Waals surface area contributed by atoms with Gasteiger partial charge in [0.15, 0.2) is 0 Å². The number of benzene rings is 1. The summed E-state index contributed by atoms with van der Waals surface area (Å²) < 4.78 is 10.3. The molecule has 0 bridgehead atoms. The van der Waals surface area contributed by atoms with Crippen LogP contribution >= 0.6 is 0 Å². The van der Waals surface area contributed by atoms with Crippen LogP contribution in [0.1, 0.15) is 11.1 Å². The number of aromatic nitrogens is 1. The van der Waals surface area contributed by atoms with Crippen molar-refractivity contribution in [2.24, 2.45) is 0 Å². The van der Waals surface area contributed by atoms with Crippen molar-refractivity contribution in [2.45, 2.75) is 0 Å². The number of pyridine rings is 1. The Morgan fingerprint density at radius 3 is 2.35 bits per heavy atom. The topological polar surface area (TPSA) is 125 Å². The van der Waals surface area contributed by atoms with Gasteiger partial charge in [-0.15, -0.1) is 0 Å². The number of ether oxygens (including phenoxy) is 2. The molecule has 0 aliphatic rings. The number of nitrogens with zero attached hydrogens (tertiary/aromatic N) is 2. The molecule has 0 radical (unpaired) electrons. The number of methoxy groups -OCH3 is 1. The minimum Gasteiger partial charge on any atom is -0.491 e. The summed E-state index contributed by atoms with van der Waals surface area (Å²) in [7, 11) is 1.58. The van der Waals surface area contributed by atoms with E-state index in [4.69, 9.17) is 15.2 Å². The lowest BCUT2D eigenvalue weighted by molar-refractivity contribution is 0.146. The molecule has 0 amide bonds. The normalized spacial score (nSPS) is 9.87. The number of anilines is 1. The summed E-state index contributed by atoms with van der Waals surface area (Å²) in [6.07, 6.45) is 0. The van der Waals surface area contributed by atoms with Crippen LogP contribution in [0, 0.1) is 22.7 Å². The zero-order valence-electron chi connectivity index (χ0n) is 12.4. The number of aromatic amines is 1. The van der Waals surface area contributed by atoms with Gasteiger partial charge in [-0.3, -0.25) is 4.79 Å². The Morgan fingerprint density at radius 2 is 1.78 bits per heavy atom. The molecule has 0 unspecified atom stereocenters. The molecule has 7 nitrogen and oxygen atoms in total.